The molecular weight excluding hydrogens is 476 g/mol. The number of benzene rings is 2. The summed E-state index contributed by atoms with van der Waals surface area (Å²) in [5.74, 6) is 0.867. The first-order chi connectivity index (χ1) is 17.5. The number of carbonyl (C=O) groups excluding carboxylic acids is 1. The third kappa shape index (κ3) is 5.06. The maximum Gasteiger partial charge on any atom is 0.270 e. The Morgan fingerprint density at radius 1 is 1.08 bits per heavy atom. The van der Waals surface area contributed by atoms with Crippen molar-refractivity contribution in [2.75, 3.05) is 24.5 Å². The number of hydrogen-bond acceptors (Lipinski definition) is 7. The Hall–Kier alpha value is -3.85. The first-order valence-electron chi connectivity index (χ1n) is 12.0. The number of nitro groups is 1. The highest BCUT2D eigenvalue weighted by Crippen LogP contribution is 2.35. The molecular formula is C27H26N4O4S. The fourth-order valence-corrected chi connectivity index (χ4v) is 5.40. The van der Waals surface area contributed by atoms with Gasteiger partial charge in [0, 0.05) is 49.1 Å². The minimum absolute atomic E-state index is 0.00580. The van der Waals surface area contributed by atoms with Crippen molar-refractivity contribution < 1.29 is 14.1 Å². The number of hydrogen-bond donors (Lipinski definition) is 0. The summed E-state index contributed by atoms with van der Waals surface area (Å²) < 4.78 is 5.88. The van der Waals surface area contributed by atoms with E-state index in [2.05, 4.69) is 17.0 Å². The van der Waals surface area contributed by atoms with E-state index in [1.54, 1.807) is 35.2 Å². The van der Waals surface area contributed by atoms with Crippen LogP contribution in [0.5, 0.6) is 0 Å². The van der Waals surface area contributed by atoms with Crippen LogP contribution in [0.4, 0.5) is 17.1 Å². The molecule has 1 aromatic heterocycles. The lowest BCUT2D eigenvalue weighted by Gasteiger charge is -2.28. The van der Waals surface area contributed by atoms with Crippen molar-refractivity contribution in [2.45, 2.75) is 26.2 Å². The highest BCUT2D eigenvalue weighted by Gasteiger charge is 2.32. The van der Waals surface area contributed by atoms with Crippen LogP contribution < -0.4 is 4.90 Å². The van der Waals surface area contributed by atoms with Crippen molar-refractivity contribution in [1.29, 1.82) is 0 Å². The zero-order valence-corrected chi connectivity index (χ0v) is 20.7. The summed E-state index contributed by atoms with van der Waals surface area (Å²) in [6.45, 7) is 4.60. The van der Waals surface area contributed by atoms with Gasteiger partial charge in [-0.3, -0.25) is 19.8 Å². The number of rotatable bonds is 6. The van der Waals surface area contributed by atoms with E-state index in [-0.39, 0.29) is 11.6 Å². The summed E-state index contributed by atoms with van der Waals surface area (Å²) in [4.78, 5) is 33.0. The fourth-order valence-electron chi connectivity index (χ4n) is 4.36. The van der Waals surface area contributed by atoms with Gasteiger partial charge in [-0.2, -0.15) is 0 Å². The van der Waals surface area contributed by atoms with Crippen molar-refractivity contribution in [3.63, 3.8) is 0 Å². The number of carbonyl (C=O) groups is 1. The van der Waals surface area contributed by atoms with E-state index in [4.69, 9.17) is 9.41 Å². The van der Waals surface area contributed by atoms with Crippen LogP contribution in [0.1, 0.15) is 31.9 Å². The van der Waals surface area contributed by atoms with Crippen molar-refractivity contribution in [3.8, 4) is 11.3 Å². The zero-order valence-electron chi connectivity index (χ0n) is 19.9. The second-order valence-electron chi connectivity index (χ2n) is 8.63. The Bertz CT molecular complexity index is 1340. The number of non-ortho nitro benzene ring substituents is 1. The SMILES string of the molecule is CCN1C(=O)/C(=C/c2ccc(-c3cccc([N+](=O)[O-])c3)o2)SC1=Nc1ccc(N2CCCCC2)cc1. The molecule has 0 N–H and O–H groups in total. The molecule has 36 heavy (non-hydrogen) atoms. The van der Waals surface area contributed by atoms with Crippen LogP contribution in [0.2, 0.25) is 0 Å². The first kappa shape index (κ1) is 23.9. The van der Waals surface area contributed by atoms with Crippen LogP contribution in [0, 0.1) is 10.1 Å². The molecule has 2 aliphatic heterocycles. The number of likely N-dealkylation sites (N-methyl/N-ethyl adjacent to an activating group) is 1. The number of nitro benzene ring substituents is 1. The molecule has 0 bridgehead atoms. The molecule has 3 aromatic rings. The van der Waals surface area contributed by atoms with Gasteiger partial charge < -0.3 is 9.32 Å². The molecule has 5 rings (SSSR count). The van der Waals surface area contributed by atoms with Gasteiger partial charge in [0.1, 0.15) is 11.5 Å². The van der Waals surface area contributed by atoms with E-state index in [1.165, 1.54) is 48.8 Å². The fraction of sp³-hybridized carbons (Fsp3) is 0.259. The Labute approximate surface area is 213 Å². The van der Waals surface area contributed by atoms with Crippen molar-refractivity contribution in [2.24, 2.45) is 4.99 Å². The number of amidine groups is 1. The van der Waals surface area contributed by atoms with Gasteiger partial charge in [-0.05, 0) is 74.3 Å². The Morgan fingerprint density at radius 2 is 1.86 bits per heavy atom. The van der Waals surface area contributed by atoms with Crippen LogP contribution in [0.25, 0.3) is 17.4 Å². The molecule has 8 nitrogen and oxygen atoms in total. The van der Waals surface area contributed by atoms with Crippen molar-refractivity contribution >= 4 is 46.0 Å². The predicted molar refractivity (Wildman–Crippen MR) is 143 cm³/mol. The maximum atomic E-state index is 13.0. The number of anilines is 1. The van der Waals surface area contributed by atoms with Crippen LogP contribution >= 0.6 is 11.8 Å². The molecule has 2 aromatic carbocycles. The highest BCUT2D eigenvalue weighted by atomic mass is 32.2. The third-order valence-corrected chi connectivity index (χ3v) is 7.25. The lowest BCUT2D eigenvalue weighted by Crippen LogP contribution is -2.29. The van der Waals surface area contributed by atoms with Gasteiger partial charge in [-0.25, -0.2) is 4.99 Å². The lowest BCUT2D eigenvalue weighted by molar-refractivity contribution is -0.384. The molecule has 2 fully saturated rings. The van der Waals surface area contributed by atoms with E-state index in [0.29, 0.717) is 33.7 Å². The maximum absolute atomic E-state index is 13.0. The zero-order chi connectivity index (χ0) is 25.1. The topological polar surface area (TPSA) is 92.2 Å². The molecule has 9 heteroatoms. The molecule has 0 spiro atoms. The molecule has 3 heterocycles. The van der Waals surface area contributed by atoms with Gasteiger partial charge in [0.05, 0.1) is 15.5 Å². The molecule has 0 saturated carbocycles. The second kappa shape index (κ2) is 10.4. The van der Waals surface area contributed by atoms with E-state index in [9.17, 15) is 14.9 Å². The first-order valence-corrected chi connectivity index (χ1v) is 12.8. The largest absolute Gasteiger partial charge is 0.457 e. The predicted octanol–water partition coefficient (Wildman–Crippen LogP) is 6.47. The number of nitrogens with zero attached hydrogens (tertiary/aromatic N) is 4. The average molecular weight is 503 g/mol. The Balaban J connectivity index is 1.35. The summed E-state index contributed by atoms with van der Waals surface area (Å²) in [6, 6.07) is 17.9. The molecule has 2 aliphatic rings. The van der Waals surface area contributed by atoms with Gasteiger partial charge in [0.25, 0.3) is 11.6 Å². The van der Waals surface area contributed by atoms with E-state index in [0.717, 1.165) is 18.8 Å². The van der Waals surface area contributed by atoms with E-state index < -0.39 is 4.92 Å². The number of amides is 1. The number of furan rings is 1. The quantitative estimate of drug-likeness (QED) is 0.218. The van der Waals surface area contributed by atoms with E-state index in [1.807, 2.05) is 19.1 Å². The minimum Gasteiger partial charge on any atom is -0.457 e. The van der Waals surface area contributed by atoms with E-state index >= 15 is 0 Å². The monoisotopic (exact) mass is 502 g/mol. The molecule has 0 unspecified atom stereocenters. The average Bonchev–Trinajstić information content (AvgIpc) is 3.49. The van der Waals surface area contributed by atoms with Crippen molar-refractivity contribution in [3.05, 3.63) is 81.4 Å². The van der Waals surface area contributed by atoms with Crippen LogP contribution in [0.3, 0.4) is 0 Å². The molecule has 184 valence electrons. The summed E-state index contributed by atoms with van der Waals surface area (Å²) in [7, 11) is 0. The highest BCUT2D eigenvalue weighted by molar-refractivity contribution is 8.18. The van der Waals surface area contributed by atoms with Gasteiger partial charge >= 0.3 is 0 Å². The van der Waals surface area contributed by atoms with Crippen molar-refractivity contribution in [1.82, 2.24) is 4.90 Å². The smallest absolute Gasteiger partial charge is 0.270 e. The second-order valence-corrected chi connectivity index (χ2v) is 9.64. The molecule has 0 aliphatic carbocycles. The molecule has 1 amide bonds. The Kier molecular flexibility index (Phi) is 6.90. The number of aliphatic imine (C=N–C) groups is 1. The summed E-state index contributed by atoms with van der Waals surface area (Å²) in [5, 5.41) is 11.7. The third-order valence-electron chi connectivity index (χ3n) is 6.24. The van der Waals surface area contributed by atoms with Gasteiger partial charge in [0.15, 0.2) is 5.17 Å². The summed E-state index contributed by atoms with van der Waals surface area (Å²) in [6.07, 6.45) is 5.44. The summed E-state index contributed by atoms with van der Waals surface area (Å²) >= 11 is 1.31. The minimum atomic E-state index is -0.440. The van der Waals surface area contributed by atoms with Gasteiger partial charge in [-0.1, -0.05) is 12.1 Å². The van der Waals surface area contributed by atoms with Crippen LogP contribution in [-0.2, 0) is 4.79 Å². The van der Waals surface area contributed by atoms with Gasteiger partial charge in [-0.15, -0.1) is 0 Å². The standard InChI is InChI=1S/C27H26N4O4S/c1-2-30-26(32)25(18-23-13-14-24(35-23)19-7-6-8-22(17-19)31(33)34)36-27(30)28-20-9-11-21(12-10-20)29-15-4-3-5-16-29/h6-14,17-18H,2-5,15-16H2,1H3/b25-18-,28-27?. The molecule has 0 radical (unpaired) electrons. The number of piperidine rings is 1. The lowest BCUT2D eigenvalue weighted by atomic mass is 10.1. The van der Waals surface area contributed by atoms with Gasteiger partial charge in [0.2, 0.25) is 0 Å². The molecule has 2 saturated heterocycles. The molecule has 0 atom stereocenters. The van der Waals surface area contributed by atoms with Crippen LogP contribution in [-0.4, -0.2) is 40.5 Å². The van der Waals surface area contributed by atoms with Crippen LogP contribution in [0.15, 0.2) is 75.0 Å². The number of thioether (sulfide) groups is 1. The normalized spacial score (nSPS) is 18.4. The Morgan fingerprint density at radius 3 is 2.58 bits per heavy atom. The summed E-state index contributed by atoms with van der Waals surface area (Å²) in [5.41, 5.74) is 2.61.